The Morgan fingerprint density at radius 1 is 1.04 bits per heavy atom. The molecule has 2 amide bonds. The van der Waals surface area contributed by atoms with E-state index in [9.17, 15) is 9.59 Å². The number of hydrogen-bond donors (Lipinski definition) is 0. The molecule has 1 aromatic carbocycles. The van der Waals surface area contributed by atoms with Gasteiger partial charge in [-0.1, -0.05) is 12.1 Å². The highest BCUT2D eigenvalue weighted by Crippen LogP contribution is 2.15. The zero-order valence-electron chi connectivity index (χ0n) is 13.9. The smallest absolute Gasteiger partial charge is 0.409 e. The van der Waals surface area contributed by atoms with Gasteiger partial charge in [0.05, 0.1) is 23.3 Å². The highest BCUT2D eigenvalue weighted by atomic mass is 16.6. The van der Waals surface area contributed by atoms with Crippen LogP contribution in [0.25, 0.3) is 11.0 Å². The number of ether oxygens (including phenoxy) is 1. The lowest BCUT2D eigenvalue weighted by Crippen LogP contribution is -2.51. The summed E-state index contributed by atoms with van der Waals surface area (Å²) >= 11 is 0. The first kappa shape index (κ1) is 16.2. The lowest BCUT2D eigenvalue weighted by atomic mass is 10.2. The second-order valence-corrected chi connectivity index (χ2v) is 5.62. The number of carbonyl (C=O) groups is 2. The third-order valence-corrected chi connectivity index (χ3v) is 4.04. The van der Waals surface area contributed by atoms with Crippen molar-refractivity contribution in [1.29, 1.82) is 0 Å². The molecule has 1 aliphatic heterocycles. The number of amides is 2. The van der Waals surface area contributed by atoms with Crippen LogP contribution in [0.15, 0.2) is 24.3 Å². The number of aromatic nitrogens is 2. The predicted molar refractivity (Wildman–Crippen MR) is 88.8 cm³/mol. The molecule has 1 saturated heterocycles. The summed E-state index contributed by atoms with van der Waals surface area (Å²) in [6.45, 7) is 5.77. The van der Waals surface area contributed by atoms with E-state index >= 15 is 0 Å². The average Bonchev–Trinajstić information content (AvgIpc) is 2.61. The second kappa shape index (κ2) is 6.82. The van der Waals surface area contributed by atoms with E-state index in [1.807, 2.05) is 24.3 Å². The molecule has 2 heterocycles. The van der Waals surface area contributed by atoms with Crippen LogP contribution in [0.4, 0.5) is 4.79 Å². The molecule has 0 bridgehead atoms. The zero-order valence-corrected chi connectivity index (χ0v) is 13.9. The quantitative estimate of drug-likeness (QED) is 0.841. The molecule has 24 heavy (non-hydrogen) atoms. The van der Waals surface area contributed by atoms with Crippen molar-refractivity contribution >= 4 is 23.0 Å². The maximum absolute atomic E-state index is 12.8. The van der Waals surface area contributed by atoms with Crippen LogP contribution in [-0.2, 0) is 4.74 Å². The van der Waals surface area contributed by atoms with Crippen LogP contribution in [0, 0.1) is 6.92 Å². The number of para-hydroxylation sites is 2. The first-order valence-corrected chi connectivity index (χ1v) is 8.04. The van der Waals surface area contributed by atoms with E-state index in [-0.39, 0.29) is 12.0 Å². The summed E-state index contributed by atoms with van der Waals surface area (Å²) in [6.07, 6.45) is -0.328. The van der Waals surface area contributed by atoms with Crippen molar-refractivity contribution in [3.63, 3.8) is 0 Å². The van der Waals surface area contributed by atoms with Gasteiger partial charge >= 0.3 is 6.09 Å². The van der Waals surface area contributed by atoms with Gasteiger partial charge < -0.3 is 14.5 Å². The molecule has 0 N–H and O–H groups in total. The second-order valence-electron chi connectivity index (χ2n) is 5.62. The molecule has 0 saturated carbocycles. The van der Waals surface area contributed by atoms with Crippen molar-refractivity contribution in [2.45, 2.75) is 13.8 Å². The third-order valence-electron chi connectivity index (χ3n) is 4.04. The van der Waals surface area contributed by atoms with Crippen LogP contribution in [0.1, 0.15) is 23.1 Å². The minimum Gasteiger partial charge on any atom is -0.450 e. The minimum atomic E-state index is -0.328. The molecule has 2 aromatic rings. The highest BCUT2D eigenvalue weighted by Gasteiger charge is 2.27. The molecule has 0 radical (unpaired) electrons. The van der Waals surface area contributed by atoms with Crippen LogP contribution in [-0.4, -0.2) is 64.6 Å². The predicted octanol–water partition coefficient (Wildman–Crippen LogP) is 1.85. The summed E-state index contributed by atoms with van der Waals surface area (Å²) < 4.78 is 4.99. The molecule has 7 nitrogen and oxygen atoms in total. The topological polar surface area (TPSA) is 75.6 Å². The molecule has 0 spiro atoms. The van der Waals surface area contributed by atoms with Gasteiger partial charge in [0, 0.05) is 26.2 Å². The van der Waals surface area contributed by atoms with Gasteiger partial charge in [0.1, 0.15) is 5.69 Å². The maximum atomic E-state index is 12.8. The van der Waals surface area contributed by atoms with E-state index in [4.69, 9.17) is 4.74 Å². The fraction of sp³-hybridized carbons (Fsp3) is 0.412. The number of aryl methyl sites for hydroxylation is 1. The fourth-order valence-corrected chi connectivity index (χ4v) is 2.75. The number of rotatable bonds is 2. The molecule has 126 valence electrons. The third kappa shape index (κ3) is 3.15. The summed E-state index contributed by atoms with van der Waals surface area (Å²) in [5, 5.41) is 0. The molecule has 1 aliphatic rings. The fourth-order valence-electron chi connectivity index (χ4n) is 2.75. The number of nitrogens with zero attached hydrogens (tertiary/aromatic N) is 4. The SMILES string of the molecule is CCOC(=O)N1CCN(C(=O)c2nc3ccccc3nc2C)CC1. The molecule has 1 aromatic heterocycles. The monoisotopic (exact) mass is 328 g/mol. The van der Waals surface area contributed by atoms with Crippen molar-refractivity contribution in [2.24, 2.45) is 0 Å². The lowest BCUT2D eigenvalue weighted by Gasteiger charge is -2.34. The van der Waals surface area contributed by atoms with Crippen LogP contribution in [0.5, 0.6) is 0 Å². The van der Waals surface area contributed by atoms with Gasteiger partial charge in [0.25, 0.3) is 5.91 Å². The van der Waals surface area contributed by atoms with E-state index in [0.29, 0.717) is 49.7 Å². The largest absolute Gasteiger partial charge is 0.450 e. The van der Waals surface area contributed by atoms with E-state index in [0.717, 1.165) is 5.52 Å². The van der Waals surface area contributed by atoms with Crippen molar-refractivity contribution < 1.29 is 14.3 Å². The van der Waals surface area contributed by atoms with Gasteiger partial charge in [-0.05, 0) is 26.0 Å². The van der Waals surface area contributed by atoms with E-state index in [1.54, 1.807) is 23.6 Å². The van der Waals surface area contributed by atoms with Crippen molar-refractivity contribution in [1.82, 2.24) is 19.8 Å². The Morgan fingerprint density at radius 2 is 1.62 bits per heavy atom. The van der Waals surface area contributed by atoms with Gasteiger partial charge in [0.15, 0.2) is 0 Å². The minimum absolute atomic E-state index is 0.144. The summed E-state index contributed by atoms with van der Waals surface area (Å²) in [4.78, 5) is 36.7. The van der Waals surface area contributed by atoms with Gasteiger partial charge in [-0.15, -0.1) is 0 Å². The summed E-state index contributed by atoms with van der Waals surface area (Å²) in [5.41, 5.74) is 2.47. The van der Waals surface area contributed by atoms with Crippen LogP contribution >= 0.6 is 0 Å². The van der Waals surface area contributed by atoms with Gasteiger partial charge in [0.2, 0.25) is 0 Å². The maximum Gasteiger partial charge on any atom is 0.409 e. The first-order chi connectivity index (χ1) is 11.6. The Bertz CT molecular complexity index is 770. The summed E-state index contributed by atoms with van der Waals surface area (Å²) in [5.74, 6) is -0.144. The van der Waals surface area contributed by atoms with Crippen molar-refractivity contribution in [3.8, 4) is 0 Å². The Kier molecular flexibility index (Phi) is 4.59. The Hall–Kier alpha value is -2.70. The van der Waals surface area contributed by atoms with E-state index < -0.39 is 0 Å². The average molecular weight is 328 g/mol. The van der Waals surface area contributed by atoms with Gasteiger partial charge in [-0.3, -0.25) is 4.79 Å². The number of benzene rings is 1. The normalized spacial score (nSPS) is 14.8. The van der Waals surface area contributed by atoms with E-state index in [1.165, 1.54) is 0 Å². The molecule has 3 rings (SSSR count). The Labute approximate surface area is 140 Å². The molecule has 0 atom stereocenters. The number of fused-ring (bicyclic) bond motifs is 1. The Morgan fingerprint density at radius 3 is 2.25 bits per heavy atom. The van der Waals surface area contributed by atoms with Crippen molar-refractivity contribution in [3.05, 3.63) is 35.7 Å². The van der Waals surface area contributed by atoms with Crippen molar-refractivity contribution in [2.75, 3.05) is 32.8 Å². The van der Waals surface area contributed by atoms with Crippen LogP contribution in [0.2, 0.25) is 0 Å². The summed E-state index contributed by atoms with van der Waals surface area (Å²) in [7, 11) is 0. The highest BCUT2D eigenvalue weighted by molar-refractivity contribution is 5.95. The van der Waals surface area contributed by atoms with Crippen LogP contribution in [0.3, 0.4) is 0 Å². The molecule has 1 fully saturated rings. The number of piperazine rings is 1. The van der Waals surface area contributed by atoms with Crippen LogP contribution < -0.4 is 0 Å². The molecule has 0 unspecified atom stereocenters. The molecular formula is C17H20N4O3. The Balaban J connectivity index is 1.74. The number of hydrogen-bond acceptors (Lipinski definition) is 5. The van der Waals surface area contributed by atoms with E-state index in [2.05, 4.69) is 9.97 Å². The van der Waals surface area contributed by atoms with Gasteiger partial charge in [-0.25, -0.2) is 14.8 Å². The summed E-state index contributed by atoms with van der Waals surface area (Å²) in [6, 6.07) is 7.49. The number of carbonyl (C=O) groups excluding carboxylic acids is 2. The zero-order chi connectivity index (χ0) is 17.1. The lowest BCUT2D eigenvalue weighted by molar-refractivity contribution is 0.0565. The first-order valence-electron chi connectivity index (χ1n) is 8.04. The molecule has 0 aliphatic carbocycles. The molecular weight excluding hydrogens is 308 g/mol. The van der Waals surface area contributed by atoms with Gasteiger partial charge in [-0.2, -0.15) is 0 Å². The molecule has 7 heteroatoms. The standard InChI is InChI=1S/C17H20N4O3/c1-3-24-17(23)21-10-8-20(9-11-21)16(22)15-12(2)18-13-6-4-5-7-14(13)19-15/h4-7H,3,8-11H2,1-2H3.